The molecule has 186 valence electrons. The van der Waals surface area contributed by atoms with Crippen molar-refractivity contribution in [1.29, 1.82) is 0 Å². The number of amides is 1. The number of piperidine rings is 1. The smallest absolute Gasteiger partial charge is 0.227 e. The van der Waals surface area contributed by atoms with Crippen LogP contribution in [0.5, 0.6) is 0 Å². The number of sulfone groups is 1. The Morgan fingerprint density at radius 3 is 2.15 bits per heavy atom. The fourth-order valence-corrected chi connectivity index (χ4v) is 4.89. The van der Waals surface area contributed by atoms with Crippen molar-refractivity contribution < 1.29 is 22.4 Å². The van der Waals surface area contributed by atoms with Gasteiger partial charge in [-0.1, -0.05) is 12.1 Å². The molecule has 0 aromatic heterocycles. The van der Waals surface area contributed by atoms with Crippen LogP contribution in [-0.2, 0) is 21.1 Å². The number of nitrogens with zero attached hydrogens (tertiary/aromatic N) is 2. The second-order valence-electron chi connectivity index (χ2n) is 8.53. The molecule has 0 aliphatic carbocycles. The fourth-order valence-electron chi connectivity index (χ4n) is 4.26. The van der Waals surface area contributed by atoms with E-state index in [0.717, 1.165) is 37.8 Å². The highest BCUT2D eigenvalue weighted by molar-refractivity contribution is 7.90. The van der Waals surface area contributed by atoms with Gasteiger partial charge >= 0.3 is 0 Å². The number of hydrogen-bond acceptors (Lipinski definition) is 5. The topological polar surface area (TPSA) is 74.8 Å². The first-order valence-corrected chi connectivity index (χ1v) is 13.2. The summed E-state index contributed by atoms with van der Waals surface area (Å²) in [5, 5.41) is 0. The monoisotopic (exact) mass is 510 g/mol. The highest BCUT2D eigenvalue weighted by Crippen LogP contribution is 2.19. The van der Waals surface area contributed by atoms with E-state index < -0.39 is 9.84 Å². The summed E-state index contributed by atoms with van der Waals surface area (Å²) in [7, 11) is -3.26. The average Bonchev–Trinajstić information content (AvgIpc) is 2.79. The molecule has 1 saturated heterocycles. The number of rotatable bonds is 9. The van der Waals surface area contributed by atoms with Crippen molar-refractivity contribution in [3.63, 3.8) is 0 Å². The lowest BCUT2D eigenvalue weighted by Gasteiger charge is -2.38. The van der Waals surface area contributed by atoms with Gasteiger partial charge in [0.15, 0.2) is 15.6 Å². The predicted octanol–water partition coefficient (Wildman–Crippen LogP) is 3.78. The van der Waals surface area contributed by atoms with Crippen molar-refractivity contribution in [3.05, 3.63) is 65.5 Å². The third kappa shape index (κ3) is 7.61. The molecule has 2 aromatic rings. The van der Waals surface area contributed by atoms with Crippen molar-refractivity contribution in [2.24, 2.45) is 0 Å². The molecule has 0 N–H and O–H groups in total. The van der Waals surface area contributed by atoms with Crippen molar-refractivity contribution in [2.45, 2.75) is 43.5 Å². The van der Waals surface area contributed by atoms with Crippen LogP contribution in [0, 0.1) is 5.82 Å². The Morgan fingerprint density at radius 2 is 1.62 bits per heavy atom. The van der Waals surface area contributed by atoms with Gasteiger partial charge in [-0.2, -0.15) is 0 Å². The number of likely N-dealkylation sites (N-methyl/N-ethyl adjacent to an activating group) is 1. The van der Waals surface area contributed by atoms with Gasteiger partial charge in [0.05, 0.1) is 11.3 Å². The molecule has 2 aromatic carbocycles. The third-order valence-electron chi connectivity index (χ3n) is 6.19. The van der Waals surface area contributed by atoms with Crippen LogP contribution in [0.1, 0.15) is 42.1 Å². The van der Waals surface area contributed by atoms with E-state index in [4.69, 9.17) is 0 Å². The molecule has 1 fully saturated rings. The lowest BCUT2D eigenvalue weighted by atomic mass is 10.0. The summed E-state index contributed by atoms with van der Waals surface area (Å²) in [6.07, 6.45) is 3.48. The fraction of sp³-hybridized carbons (Fsp3) is 0.440. The number of halogens is 2. The molecule has 6 nitrogen and oxygen atoms in total. The van der Waals surface area contributed by atoms with Crippen molar-refractivity contribution >= 4 is 33.9 Å². The first-order valence-electron chi connectivity index (χ1n) is 11.3. The van der Waals surface area contributed by atoms with E-state index in [9.17, 15) is 22.4 Å². The van der Waals surface area contributed by atoms with Crippen LogP contribution in [0.2, 0.25) is 0 Å². The summed E-state index contributed by atoms with van der Waals surface area (Å²) in [6, 6.07) is 12.3. The molecule has 1 aliphatic heterocycles. The summed E-state index contributed by atoms with van der Waals surface area (Å²) < 4.78 is 36.2. The SMILES string of the molecule is CCN(C(=O)Cc1ccc(S(C)(=O)=O)cc1)C1CCN(CCC(=O)c2ccc(F)cc2)CC1.Cl. The lowest BCUT2D eigenvalue weighted by Crippen LogP contribution is -2.48. The lowest BCUT2D eigenvalue weighted by molar-refractivity contribution is -0.133. The molecular formula is C25H32ClFN2O4S. The average molecular weight is 511 g/mol. The highest BCUT2D eigenvalue weighted by Gasteiger charge is 2.27. The number of ketones is 1. The van der Waals surface area contributed by atoms with E-state index in [1.54, 1.807) is 24.3 Å². The summed E-state index contributed by atoms with van der Waals surface area (Å²) in [6.45, 7) is 4.87. The van der Waals surface area contributed by atoms with Crippen LogP contribution in [0.25, 0.3) is 0 Å². The Kier molecular flexibility index (Phi) is 10.2. The van der Waals surface area contributed by atoms with Crippen LogP contribution in [0.4, 0.5) is 4.39 Å². The van der Waals surface area contributed by atoms with Gasteiger partial charge in [-0.3, -0.25) is 9.59 Å². The second kappa shape index (κ2) is 12.4. The van der Waals surface area contributed by atoms with E-state index in [1.165, 1.54) is 24.3 Å². The minimum absolute atomic E-state index is 0. The largest absolute Gasteiger partial charge is 0.340 e. The van der Waals surface area contributed by atoms with E-state index in [1.807, 2.05) is 11.8 Å². The molecule has 1 heterocycles. The maximum Gasteiger partial charge on any atom is 0.227 e. The van der Waals surface area contributed by atoms with Crippen LogP contribution in [0.3, 0.4) is 0 Å². The molecular weight excluding hydrogens is 479 g/mol. The molecule has 0 spiro atoms. The highest BCUT2D eigenvalue weighted by atomic mass is 35.5. The van der Waals surface area contributed by atoms with Gasteiger partial charge in [0, 0.05) is 50.5 Å². The molecule has 0 bridgehead atoms. The Morgan fingerprint density at radius 1 is 1.03 bits per heavy atom. The molecule has 3 rings (SSSR count). The van der Waals surface area contributed by atoms with Gasteiger partial charge in [0.2, 0.25) is 5.91 Å². The molecule has 0 radical (unpaired) electrons. The van der Waals surface area contributed by atoms with E-state index >= 15 is 0 Å². The first kappa shape index (κ1) is 28.0. The minimum Gasteiger partial charge on any atom is -0.340 e. The second-order valence-corrected chi connectivity index (χ2v) is 10.5. The Labute approximate surface area is 207 Å². The zero-order valence-corrected chi connectivity index (χ0v) is 21.2. The van der Waals surface area contributed by atoms with Gasteiger partial charge in [-0.15, -0.1) is 12.4 Å². The minimum atomic E-state index is -3.26. The Hall–Kier alpha value is -2.29. The summed E-state index contributed by atoms with van der Waals surface area (Å²) in [4.78, 5) is 29.6. The normalized spacial score (nSPS) is 14.9. The molecule has 0 atom stereocenters. The van der Waals surface area contributed by atoms with Crippen LogP contribution < -0.4 is 0 Å². The van der Waals surface area contributed by atoms with Crippen molar-refractivity contribution in [2.75, 3.05) is 32.4 Å². The number of carbonyl (C=O) groups is 2. The number of hydrogen-bond donors (Lipinski definition) is 0. The zero-order valence-electron chi connectivity index (χ0n) is 19.6. The standard InChI is InChI=1S/C25H31FN2O4S.ClH/c1-3-28(25(30)18-19-4-10-23(11-5-19)33(2,31)32)22-12-15-27(16-13-22)17-14-24(29)20-6-8-21(26)9-7-20;/h4-11,22H,3,12-18H2,1-2H3;1H. The van der Waals surface area contributed by atoms with Gasteiger partial charge in [-0.25, -0.2) is 12.8 Å². The molecule has 1 amide bonds. The van der Waals surface area contributed by atoms with Crippen LogP contribution in [-0.4, -0.2) is 68.4 Å². The quantitative estimate of drug-likeness (QED) is 0.480. The van der Waals surface area contributed by atoms with Gasteiger partial charge in [0.1, 0.15) is 5.82 Å². The third-order valence-corrected chi connectivity index (χ3v) is 7.32. The number of likely N-dealkylation sites (tertiary alicyclic amines) is 1. The van der Waals surface area contributed by atoms with Gasteiger partial charge in [-0.05, 0) is 61.7 Å². The van der Waals surface area contributed by atoms with Crippen molar-refractivity contribution in [1.82, 2.24) is 9.80 Å². The number of carbonyl (C=O) groups excluding carboxylic acids is 2. The van der Waals surface area contributed by atoms with E-state index in [-0.39, 0.29) is 47.3 Å². The van der Waals surface area contributed by atoms with Crippen LogP contribution in [0.15, 0.2) is 53.4 Å². The number of benzene rings is 2. The summed E-state index contributed by atoms with van der Waals surface area (Å²) in [5.74, 6) is -0.312. The maximum atomic E-state index is 13.0. The molecule has 0 saturated carbocycles. The maximum absolute atomic E-state index is 13.0. The first-order chi connectivity index (χ1) is 15.7. The zero-order chi connectivity index (χ0) is 24.0. The van der Waals surface area contributed by atoms with Gasteiger partial charge in [0.25, 0.3) is 0 Å². The molecule has 34 heavy (non-hydrogen) atoms. The number of Topliss-reactive ketones (excluding diaryl/α,β-unsaturated/α-hetero) is 1. The Balaban J connectivity index is 0.00000408. The predicted molar refractivity (Wildman–Crippen MR) is 133 cm³/mol. The van der Waals surface area contributed by atoms with Gasteiger partial charge < -0.3 is 9.80 Å². The summed E-state index contributed by atoms with van der Waals surface area (Å²) >= 11 is 0. The molecule has 0 unspecified atom stereocenters. The van der Waals surface area contributed by atoms with Crippen molar-refractivity contribution in [3.8, 4) is 0 Å². The molecule has 1 aliphatic rings. The Bertz CT molecular complexity index is 1070. The van der Waals surface area contributed by atoms with Crippen LogP contribution >= 0.6 is 12.4 Å². The molecule has 9 heteroatoms. The van der Waals surface area contributed by atoms with E-state index in [0.29, 0.717) is 25.1 Å². The summed E-state index contributed by atoms with van der Waals surface area (Å²) in [5.41, 5.74) is 1.32. The van der Waals surface area contributed by atoms with E-state index in [2.05, 4.69) is 4.90 Å².